The van der Waals surface area contributed by atoms with Crippen molar-refractivity contribution in [2.75, 3.05) is 16.5 Å². The van der Waals surface area contributed by atoms with Crippen LogP contribution in [0, 0.1) is 0 Å². The summed E-state index contributed by atoms with van der Waals surface area (Å²) in [7, 11) is 0. The highest BCUT2D eigenvalue weighted by Crippen LogP contribution is 2.31. The molecule has 0 aliphatic rings. The molecule has 0 saturated heterocycles. The van der Waals surface area contributed by atoms with Crippen LogP contribution in [0.4, 0.5) is 11.4 Å². The van der Waals surface area contributed by atoms with Crippen molar-refractivity contribution >= 4 is 45.8 Å². The largest absolute Gasteiger partial charge is 0.449 e. The molecule has 0 fully saturated rings. The fourth-order valence-corrected chi connectivity index (χ4v) is 2.58. The van der Waals surface area contributed by atoms with E-state index in [1.807, 2.05) is 24.3 Å². The van der Waals surface area contributed by atoms with Crippen molar-refractivity contribution in [3.05, 3.63) is 59.9 Å². The Balaban J connectivity index is 1.94. The van der Waals surface area contributed by atoms with Gasteiger partial charge >= 0.3 is 0 Å². The van der Waals surface area contributed by atoms with Crippen LogP contribution < -0.4 is 10.6 Å². The summed E-state index contributed by atoms with van der Waals surface area (Å²) in [4.78, 5) is 24.3. The predicted octanol–water partition coefficient (Wildman–Crippen LogP) is 4.42. The minimum absolute atomic E-state index is 0.0410. The number of carbonyl (C=O) groups excluding carboxylic acids is 2. The zero-order valence-corrected chi connectivity index (χ0v) is 14.4. The number of hydrogen-bond acceptors (Lipinski definition) is 3. The van der Waals surface area contributed by atoms with Crippen LogP contribution in [0.25, 0.3) is 11.0 Å². The molecule has 2 amide bonds. The fourth-order valence-electron chi connectivity index (χ4n) is 2.51. The van der Waals surface area contributed by atoms with Gasteiger partial charge in [-0.25, -0.2) is 0 Å². The van der Waals surface area contributed by atoms with E-state index >= 15 is 0 Å². The molecule has 1 aromatic heterocycles. The standard InChI is InChI=1S/C19H17ClN2O3/c1-2-12-7-9-13(10-8-12)21-19(24)18-17(22-16(23)11-20)14-5-3-4-6-15(14)25-18/h3-10H,2,11H2,1H3,(H,21,24)(H,22,23). The summed E-state index contributed by atoms with van der Waals surface area (Å²) < 4.78 is 5.65. The van der Waals surface area contributed by atoms with Gasteiger partial charge in [-0.15, -0.1) is 11.6 Å². The highest BCUT2D eigenvalue weighted by atomic mass is 35.5. The number of carbonyl (C=O) groups is 2. The Kier molecular flexibility index (Phi) is 5.05. The molecule has 0 aliphatic carbocycles. The van der Waals surface area contributed by atoms with E-state index in [0.717, 1.165) is 6.42 Å². The second-order valence-electron chi connectivity index (χ2n) is 5.49. The minimum Gasteiger partial charge on any atom is -0.449 e. The molecule has 128 valence electrons. The number of rotatable bonds is 5. The van der Waals surface area contributed by atoms with Crippen LogP contribution in [0.5, 0.6) is 0 Å². The molecule has 0 spiro atoms. The molecule has 6 heteroatoms. The molecule has 0 saturated carbocycles. The Bertz CT molecular complexity index is 916. The van der Waals surface area contributed by atoms with E-state index in [2.05, 4.69) is 17.6 Å². The van der Waals surface area contributed by atoms with Crippen LogP contribution in [0.1, 0.15) is 23.0 Å². The Hall–Kier alpha value is -2.79. The maximum absolute atomic E-state index is 12.6. The van der Waals surface area contributed by atoms with E-state index < -0.39 is 11.8 Å². The third kappa shape index (κ3) is 3.67. The first-order valence-corrected chi connectivity index (χ1v) is 8.43. The molecule has 3 aromatic rings. The zero-order valence-electron chi connectivity index (χ0n) is 13.6. The summed E-state index contributed by atoms with van der Waals surface area (Å²) in [5.41, 5.74) is 2.66. The molecule has 0 radical (unpaired) electrons. The molecule has 5 nitrogen and oxygen atoms in total. The van der Waals surface area contributed by atoms with Crippen molar-refractivity contribution in [1.82, 2.24) is 0 Å². The number of furan rings is 1. The minimum atomic E-state index is -0.440. The van der Waals surface area contributed by atoms with Gasteiger partial charge in [-0.2, -0.15) is 0 Å². The highest BCUT2D eigenvalue weighted by molar-refractivity contribution is 6.30. The molecule has 1 heterocycles. The van der Waals surface area contributed by atoms with Crippen LogP contribution in [-0.4, -0.2) is 17.7 Å². The Morgan fingerprint density at radius 3 is 2.44 bits per heavy atom. The van der Waals surface area contributed by atoms with E-state index in [1.54, 1.807) is 24.3 Å². The summed E-state index contributed by atoms with van der Waals surface area (Å²) in [6.45, 7) is 2.06. The van der Waals surface area contributed by atoms with Crippen molar-refractivity contribution in [3.8, 4) is 0 Å². The van der Waals surface area contributed by atoms with Crippen molar-refractivity contribution in [3.63, 3.8) is 0 Å². The first-order chi connectivity index (χ1) is 12.1. The number of halogens is 1. The Morgan fingerprint density at radius 1 is 1.04 bits per heavy atom. The van der Waals surface area contributed by atoms with Crippen LogP contribution >= 0.6 is 11.6 Å². The molecule has 2 N–H and O–H groups in total. The maximum Gasteiger partial charge on any atom is 0.293 e. The lowest BCUT2D eigenvalue weighted by atomic mass is 10.1. The second kappa shape index (κ2) is 7.40. The van der Waals surface area contributed by atoms with Gasteiger partial charge in [-0.3, -0.25) is 9.59 Å². The normalized spacial score (nSPS) is 10.6. The number of para-hydroxylation sites is 1. The molecule has 2 aromatic carbocycles. The number of nitrogens with one attached hydrogen (secondary N) is 2. The average molecular weight is 357 g/mol. The SMILES string of the molecule is CCc1ccc(NC(=O)c2oc3ccccc3c2NC(=O)CCl)cc1. The molecular formula is C19H17ClN2O3. The number of fused-ring (bicyclic) bond motifs is 1. The molecule has 0 bridgehead atoms. The average Bonchev–Trinajstić information content (AvgIpc) is 3.01. The topological polar surface area (TPSA) is 71.3 Å². The van der Waals surface area contributed by atoms with Gasteiger partial charge < -0.3 is 15.1 Å². The van der Waals surface area contributed by atoms with Gasteiger partial charge in [0.15, 0.2) is 0 Å². The number of benzene rings is 2. The molecule has 0 aliphatic heterocycles. The smallest absolute Gasteiger partial charge is 0.293 e. The fraction of sp³-hybridized carbons (Fsp3) is 0.158. The summed E-state index contributed by atoms with van der Waals surface area (Å²) in [6, 6.07) is 14.7. The monoisotopic (exact) mass is 356 g/mol. The van der Waals surface area contributed by atoms with Crippen LogP contribution in [0.2, 0.25) is 0 Å². The number of alkyl halides is 1. The van der Waals surface area contributed by atoms with E-state index in [1.165, 1.54) is 5.56 Å². The van der Waals surface area contributed by atoms with E-state index in [9.17, 15) is 9.59 Å². The Morgan fingerprint density at radius 2 is 1.76 bits per heavy atom. The summed E-state index contributed by atoms with van der Waals surface area (Å²) >= 11 is 5.57. The van der Waals surface area contributed by atoms with Gasteiger partial charge in [0.1, 0.15) is 17.2 Å². The molecule has 0 unspecified atom stereocenters. The van der Waals surface area contributed by atoms with Crippen LogP contribution in [0.3, 0.4) is 0 Å². The third-order valence-corrected chi connectivity index (χ3v) is 4.05. The second-order valence-corrected chi connectivity index (χ2v) is 5.76. The lowest BCUT2D eigenvalue weighted by Crippen LogP contribution is -2.17. The van der Waals surface area contributed by atoms with E-state index in [0.29, 0.717) is 22.3 Å². The van der Waals surface area contributed by atoms with Gasteiger partial charge in [-0.1, -0.05) is 31.2 Å². The summed E-state index contributed by atoms with van der Waals surface area (Å²) in [5, 5.41) is 6.07. The van der Waals surface area contributed by atoms with E-state index in [-0.39, 0.29) is 11.6 Å². The Labute approximate surface area is 150 Å². The van der Waals surface area contributed by atoms with Crippen molar-refractivity contribution in [2.45, 2.75) is 13.3 Å². The van der Waals surface area contributed by atoms with Gasteiger partial charge in [0.25, 0.3) is 5.91 Å². The van der Waals surface area contributed by atoms with Crippen molar-refractivity contribution < 1.29 is 14.0 Å². The first kappa shape index (κ1) is 17.0. The number of amides is 2. The van der Waals surface area contributed by atoms with Crippen molar-refractivity contribution in [1.29, 1.82) is 0 Å². The van der Waals surface area contributed by atoms with Gasteiger partial charge in [0.2, 0.25) is 11.7 Å². The molecule has 0 atom stereocenters. The predicted molar refractivity (Wildman–Crippen MR) is 99.3 cm³/mol. The molecule has 3 rings (SSSR count). The van der Waals surface area contributed by atoms with Crippen LogP contribution in [-0.2, 0) is 11.2 Å². The van der Waals surface area contributed by atoms with Gasteiger partial charge in [-0.05, 0) is 36.2 Å². The molecular weight excluding hydrogens is 340 g/mol. The molecule has 25 heavy (non-hydrogen) atoms. The maximum atomic E-state index is 12.6. The third-order valence-electron chi connectivity index (χ3n) is 3.81. The lowest BCUT2D eigenvalue weighted by Gasteiger charge is -2.07. The zero-order chi connectivity index (χ0) is 17.8. The number of anilines is 2. The summed E-state index contributed by atoms with van der Waals surface area (Å²) in [6.07, 6.45) is 0.923. The number of hydrogen-bond donors (Lipinski definition) is 2. The van der Waals surface area contributed by atoms with E-state index in [4.69, 9.17) is 16.0 Å². The number of aryl methyl sites for hydroxylation is 1. The lowest BCUT2D eigenvalue weighted by molar-refractivity contribution is -0.113. The van der Waals surface area contributed by atoms with Gasteiger partial charge in [0, 0.05) is 11.1 Å². The van der Waals surface area contributed by atoms with Crippen molar-refractivity contribution in [2.24, 2.45) is 0 Å². The van der Waals surface area contributed by atoms with Gasteiger partial charge in [0.05, 0.1) is 0 Å². The van der Waals surface area contributed by atoms with Crippen LogP contribution in [0.15, 0.2) is 52.9 Å². The quantitative estimate of drug-likeness (QED) is 0.664. The summed E-state index contributed by atoms with van der Waals surface area (Å²) in [5.74, 6) is -1.02. The first-order valence-electron chi connectivity index (χ1n) is 7.90. The highest BCUT2D eigenvalue weighted by Gasteiger charge is 2.22.